The zero-order chi connectivity index (χ0) is 29.1. The molecule has 8 rings (SSSR count). The topological polar surface area (TPSA) is 14.2 Å². The second kappa shape index (κ2) is 8.41. The molecule has 0 amide bonds. The van der Waals surface area contributed by atoms with Crippen LogP contribution in [0.5, 0.6) is 11.5 Å². The van der Waals surface area contributed by atoms with Crippen molar-refractivity contribution in [3.05, 3.63) is 108 Å². The van der Waals surface area contributed by atoms with Gasteiger partial charge in [-0.1, -0.05) is 96.1 Å². The van der Waals surface area contributed by atoms with E-state index in [9.17, 15) is 0 Å². The van der Waals surface area contributed by atoms with Gasteiger partial charge >= 0.3 is 0 Å². The van der Waals surface area contributed by atoms with Crippen LogP contribution in [0.25, 0.3) is 38.6 Å². The van der Waals surface area contributed by atoms with Gasteiger partial charge in [-0.05, 0) is 98.4 Å². The summed E-state index contributed by atoms with van der Waals surface area (Å²) < 4.78 is 9.34. The molecule has 0 unspecified atom stereocenters. The second-order valence-electron chi connectivity index (χ2n) is 14.4. The number of rotatable bonds is 1. The van der Waals surface area contributed by atoms with Crippen LogP contribution in [0, 0.1) is 6.92 Å². The Hall–Kier alpha value is -4.24. The van der Waals surface area contributed by atoms with E-state index in [2.05, 4.69) is 144 Å². The van der Waals surface area contributed by atoms with E-state index >= 15 is 0 Å². The first-order valence-corrected chi connectivity index (χ1v) is 15.1. The second-order valence-corrected chi connectivity index (χ2v) is 14.4. The highest BCUT2D eigenvalue weighted by molar-refractivity contribution is 6.99. The average Bonchev–Trinajstić information content (AvgIpc) is 3.28. The zero-order valence-corrected chi connectivity index (χ0v) is 25.6. The Kier molecular flexibility index (Phi) is 5.10. The van der Waals surface area contributed by atoms with Gasteiger partial charge in [0, 0.05) is 22.0 Å². The predicted molar refractivity (Wildman–Crippen MR) is 180 cm³/mol. The van der Waals surface area contributed by atoms with Crippen molar-refractivity contribution < 1.29 is 4.74 Å². The summed E-state index contributed by atoms with van der Waals surface area (Å²) in [5.41, 5.74) is 14.2. The fourth-order valence-corrected chi connectivity index (χ4v) is 7.12. The van der Waals surface area contributed by atoms with Crippen molar-refractivity contribution in [3.63, 3.8) is 0 Å². The molecule has 1 aromatic heterocycles. The maximum absolute atomic E-state index is 6.81. The number of fused-ring (bicyclic) bond motifs is 7. The summed E-state index contributed by atoms with van der Waals surface area (Å²) in [4.78, 5) is 0. The number of nitrogens with zero attached hydrogens (tertiary/aromatic N) is 1. The minimum absolute atomic E-state index is 0.0162. The minimum Gasteiger partial charge on any atom is -0.458 e. The van der Waals surface area contributed by atoms with E-state index in [-0.39, 0.29) is 17.5 Å². The van der Waals surface area contributed by atoms with Crippen LogP contribution in [0.3, 0.4) is 0 Å². The van der Waals surface area contributed by atoms with E-state index in [4.69, 9.17) is 4.74 Å². The Bertz CT molecular complexity index is 2090. The van der Waals surface area contributed by atoms with Gasteiger partial charge in [0.2, 0.25) is 0 Å². The Morgan fingerprint density at radius 2 is 1.36 bits per heavy atom. The van der Waals surface area contributed by atoms with Crippen molar-refractivity contribution >= 4 is 44.9 Å². The number of benzene rings is 5. The van der Waals surface area contributed by atoms with Crippen molar-refractivity contribution in [2.45, 2.75) is 59.3 Å². The molecule has 6 aromatic rings. The highest BCUT2D eigenvalue weighted by atomic mass is 16.5. The fourth-order valence-electron chi connectivity index (χ4n) is 7.12. The van der Waals surface area contributed by atoms with Crippen LogP contribution < -0.4 is 21.1 Å². The monoisotopic (exact) mass is 545 g/mol. The van der Waals surface area contributed by atoms with Crippen molar-refractivity contribution in [1.82, 2.24) is 4.57 Å². The van der Waals surface area contributed by atoms with Gasteiger partial charge < -0.3 is 9.30 Å². The van der Waals surface area contributed by atoms with Gasteiger partial charge in [0.1, 0.15) is 11.5 Å². The third-order valence-corrected chi connectivity index (χ3v) is 9.38. The molecule has 2 aliphatic heterocycles. The molecule has 0 aliphatic carbocycles. The smallest absolute Gasteiger partial charge is 0.256 e. The van der Waals surface area contributed by atoms with Crippen LogP contribution in [0.1, 0.15) is 58.2 Å². The summed E-state index contributed by atoms with van der Waals surface area (Å²) in [7, 11) is 0. The quantitative estimate of drug-likeness (QED) is 0.189. The molecule has 0 radical (unpaired) electrons. The molecule has 0 fully saturated rings. The molecular weight excluding hydrogens is 509 g/mol. The molecule has 0 saturated heterocycles. The van der Waals surface area contributed by atoms with Gasteiger partial charge in [0.05, 0.1) is 5.52 Å². The highest BCUT2D eigenvalue weighted by Gasteiger charge is 2.41. The van der Waals surface area contributed by atoms with Crippen LogP contribution in [0.4, 0.5) is 0 Å². The number of aryl methyl sites for hydroxylation is 1. The number of aromatic nitrogens is 1. The van der Waals surface area contributed by atoms with Crippen LogP contribution in [0.2, 0.25) is 0 Å². The standard InChI is InChI=1S/C39H36BNO/c1-23-17-33-36-35(18-23)42-34-19-25(24-11-9-8-10-12-24)13-15-30(34)40(36)31-22-27(39(5,6)7)21-29-28-20-26(38(2,3)4)14-16-32(28)41(33)37(29)31/h8-22H,1-7H3. The SMILES string of the molecule is Cc1cc2c3c(c1)-n1c4ccc(C(C)(C)C)cc4c4cc(C(C)(C)C)cc(c41)B3c1ccc(-c3ccccc3)cc1O2. The lowest BCUT2D eigenvalue weighted by atomic mass is 9.34. The van der Waals surface area contributed by atoms with Crippen LogP contribution in [0.15, 0.2) is 91.0 Å². The van der Waals surface area contributed by atoms with Crippen molar-refractivity contribution in [1.29, 1.82) is 0 Å². The summed E-state index contributed by atoms with van der Waals surface area (Å²) >= 11 is 0. The Morgan fingerprint density at radius 3 is 2.10 bits per heavy atom. The lowest BCUT2D eigenvalue weighted by Gasteiger charge is -2.34. The molecule has 0 spiro atoms. The fraction of sp³-hybridized carbons (Fsp3) is 0.231. The summed E-state index contributed by atoms with van der Waals surface area (Å²) in [6, 6.07) is 34.0. The number of hydrogen-bond donors (Lipinski definition) is 0. The Balaban J connectivity index is 1.50. The van der Waals surface area contributed by atoms with E-state index < -0.39 is 0 Å². The largest absolute Gasteiger partial charge is 0.458 e. The van der Waals surface area contributed by atoms with Crippen molar-refractivity contribution in [2.75, 3.05) is 0 Å². The van der Waals surface area contributed by atoms with E-state index in [1.807, 2.05) is 0 Å². The van der Waals surface area contributed by atoms with E-state index in [1.165, 1.54) is 71.7 Å². The molecule has 0 saturated carbocycles. The third kappa shape index (κ3) is 3.59. The van der Waals surface area contributed by atoms with Crippen molar-refractivity contribution in [2.24, 2.45) is 0 Å². The minimum atomic E-state index is 0.0162. The van der Waals surface area contributed by atoms with Gasteiger partial charge in [-0.25, -0.2) is 0 Å². The molecule has 5 aromatic carbocycles. The number of ether oxygens (including phenoxy) is 1. The third-order valence-electron chi connectivity index (χ3n) is 9.38. The molecule has 2 nitrogen and oxygen atoms in total. The maximum Gasteiger partial charge on any atom is 0.256 e. The molecule has 206 valence electrons. The lowest BCUT2D eigenvalue weighted by Crippen LogP contribution is -2.58. The molecule has 0 N–H and O–H groups in total. The normalized spacial score (nSPS) is 13.7. The van der Waals surface area contributed by atoms with Gasteiger partial charge in [-0.3, -0.25) is 0 Å². The highest BCUT2D eigenvalue weighted by Crippen LogP contribution is 2.41. The van der Waals surface area contributed by atoms with Crippen LogP contribution >= 0.6 is 0 Å². The first-order valence-electron chi connectivity index (χ1n) is 15.1. The first-order chi connectivity index (χ1) is 20.0. The van der Waals surface area contributed by atoms with Gasteiger partial charge in [0.15, 0.2) is 0 Å². The summed E-state index contributed by atoms with van der Waals surface area (Å²) in [5.74, 6) is 1.93. The summed E-state index contributed by atoms with van der Waals surface area (Å²) in [5, 5.41) is 2.68. The Morgan fingerprint density at radius 1 is 0.619 bits per heavy atom. The molecule has 0 bridgehead atoms. The van der Waals surface area contributed by atoms with E-state index in [0.717, 1.165) is 11.5 Å². The van der Waals surface area contributed by atoms with Gasteiger partial charge in [-0.2, -0.15) is 0 Å². The Labute approximate surface area is 249 Å². The molecule has 2 aliphatic rings. The average molecular weight is 546 g/mol. The van der Waals surface area contributed by atoms with Gasteiger partial charge in [0.25, 0.3) is 6.71 Å². The van der Waals surface area contributed by atoms with Crippen LogP contribution in [-0.2, 0) is 10.8 Å². The molecule has 42 heavy (non-hydrogen) atoms. The number of hydrogen-bond acceptors (Lipinski definition) is 1. The van der Waals surface area contributed by atoms with E-state index in [1.54, 1.807) is 0 Å². The summed E-state index contributed by atoms with van der Waals surface area (Å²) in [6.07, 6.45) is 0. The van der Waals surface area contributed by atoms with Gasteiger partial charge in [-0.15, -0.1) is 0 Å². The predicted octanol–water partition coefficient (Wildman–Crippen LogP) is 8.29. The van der Waals surface area contributed by atoms with Crippen LogP contribution in [-0.4, -0.2) is 11.3 Å². The maximum atomic E-state index is 6.81. The molecule has 0 atom stereocenters. The molecule has 3 heteroatoms. The van der Waals surface area contributed by atoms with E-state index in [0.29, 0.717) is 0 Å². The molecular formula is C39H36BNO. The zero-order valence-electron chi connectivity index (χ0n) is 25.6. The first kappa shape index (κ1) is 25.5. The summed E-state index contributed by atoms with van der Waals surface area (Å²) in [6.45, 7) is 16.2. The molecule has 3 heterocycles. The van der Waals surface area contributed by atoms with Crippen molar-refractivity contribution in [3.8, 4) is 28.3 Å². The lowest BCUT2D eigenvalue weighted by molar-refractivity contribution is 0.487.